The molecule has 1 aromatic carbocycles. The maximum atomic E-state index is 14.8. The summed E-state index contributed by atoms with van der Waals surface area (Å²) >= 11 is 0. The van der Waals surface area contributed by atoms with Crippen LogP contribution in [0.4, 0.5) is 22.0 Å². The monoisotopic (exact) mass is 497 g/mol. The van der Waals surface area contributed by atoms with Crippen molar-refractivity contribution < 1.29 is 22.0 Å². The summed E-state index contributed by atoms with van der Waals surface area (Å²) in [5.41, 5.74) is 5.49. The number of rotatable bonds is 12. The molecule has 6 heteroatoms. The number of allylic oxidation sites excluding steroid dienone is 5. The highest BCUT2D eigenvalue weighted by Gasteiger charge is 2.47. The Bertz CT molecular complexity index is 941. The van der Waals surface area contributed by atoms with E-state index in [0.717, 1.165) is 5.57 Å². The van der Waals surface area contributed by atoms with Crippen LogP contribution in [0.1, 0.15) is 72.8 Å². The number of nitrogens with two attached hydrogens (primary N) is 1. The first kappa shape index (κ1) is 30.8. The largest absolute Gasteiger partial charge is 0.324 e. The van der Waals surface area contributed by atoms with Gasteiger partial charge < -0.3 is 5.73 Å². The number of benzene rings is 1. The summed E-state index contributed by atoms with van der Waals surface area (Å²) in [5.74, 6) is -10.8. The summed E-state index contributed by atoms with van der Waals surface area (Å²) in [6.45, 7) is 20.7. The summed E-state index contributed by atoms with van der Waals surface area (Å²) in [4.78, 5) is 0. The Morgan fingerprint density at radius 1 is 0.857 bits per heavy atom. The van der Waals surface area contributed by atoms with Crippen LogP contribution in [0.2, 0.25) is 0 Å². The van der Waals surface area contributed by atoms with Crippen LogP contribution in [0.15, 0.2) is 49.1 Å². The van der Waals surface area contributed by atoms with Gasteiger partial charge in [-0.25, -0.2) is 22.0 Å². The molecule has 0 fully saturated rings. The topological polar surface area (TPSA) is 26.0 Å². The Morgan fingerprint density at radius 3 is 1.74 bits per heavy atom. The van der Waals surface area contributed by atoms with Gasteiger partial charge in [0.15, 0.2) is 23.3 Å². The van der Waals surface area contributed by atoms with Gasteiger partial charge in [0.1, 0.15) is 0 Å². The molecular formula is C29H40F5N. The molecule has 0 amide bonds. The predicted molar refractivity (Wildman–Crippen MR) is 135 cm³/mol. The third-order valence-electron chi connectivity index (χ3n) is 7.18. The molecule has 1 nitrogen and oxygen atoms in total. The van der Waals surface area contributed by atoms with Crippen LogP contribution < -0.4 is 5.73 Å². The van der Waals surface area contributed by atoms with E-state index in [9.17, 15) is 22.0 Å². The van der Waals surface area contributed by atoms with Crippen LogP contribution in [0, 0.1) is 52.3 Å². The summed E-state index contributed by atoms with van der Waals surface area (Å²) in [5, 5.41) is 0. The predicted octanol–water partition coefficient (Wildman–Crippen LogP) is 8.77. The van der Waals surface area contributed by atoms with Gasteiger partial charge in [-0.3, -0.25) is 0 Å². The van der Waals surface area contributed by atoms with Gasteiger partial charge in [0.05, 0.1) is 0 Å². The molecule has 1 rings (SSSR count). The van der Waals surface area contributed by atoms with Gasteiger partial charge in [-0.15, -0.1) is 0 Å². The maximum absolute atomic E-state index is 14.8. The van der Waals surface area contributed by atoms with Crippen LogP contribution in [-0.2, 0) is 0 Å². The molecule has 0 aliphatic carbocycles. The fourth-order valence-electron chi connectivity index (χ4n) is 4.66. The van der Waals surface area contributed by atoms with E-state index in [1.807, 2.05) is 32.9 Å². The molecule has 0 saturated heterocycles. The Morgan fingerprint density at radius 2 is 1.34 bits per heavy atom. The molecule has 0 radical (unpaired) electrons. The van der Waals surface area contributed by atoms with Crippen molar-refractivity contribution in [3.05, 3.63) is 83.8 Å². The lowest BCUT2D eigenvalue weighted by Gasteiger charge is -2.50. The first-order valence-corrected chi connectivity index (χ1v) is 12.0. The zero-order valence-corrected chi connectivity index (χ0v) is 22.0. The number of halogens is 5. The molecule has 0 aliphatic rings. The molecule has 0 spiro atoms. The zero-order valence-electron chi connectivity index (χ0n) is 22.0. The second-order valence-corrected chi connectivity index (χ2v) is 10.9. The van der Waals surface area contributed by atoms with Crippen molar-refractivity contribution >= 4 is 0 Å². The number of hydrogen-bond donors (Lipinski definition) is 1. The Kier molecular flexibility index (Phi) is 10.7. The van der Waals surface area contributed by atoms with E-state index in [-0.39, 0.29) is 18.3 Å². The van der Waals surface area contributed by atoms with E-state index < -0.39 is 57.4 Å². The van der Waals surface area contributed by atoms with E-state index in [0.29, 0.717) is 6.42 Å². The Balaban J connectivity index is 3.68. The highest BCUT2D eigenvalue weighted by atomic mass is 19.2. The first-order valence-electron chi connectivity index (χ1n) is 12.0. The molecule has 196 valence electrons. The fourth-order valence-corrected chi connectivity index (χ4v) is 4.66. The zero-order chi connectivity index (χ0) is 27.3. The molecule has 3 unspecified atom stereocenters. The van der Waals surface area contributed by atoms with E-state index in [1.54, 1.807) is 32.1 Å². The molecule has 3 atom stereocenters. The van der Waals surface area contributed by atoms with E-state index >= 15 is 0 Å². The minimum Gasteiger partial charge on any atom is -0.324 e. The van der Waals surface area contributed by atoms with Gasteiger partial charge in [0, 0.05) is 17.0 Å². The molecule has 2 N–H and O–H groups in total. The smallest absolute Gasteiger partial charge is 0.200 e. The van der Waals surface area contributed by atoms with Crippen molar-refractivity contribution in [3.63, 3.8) is 0 Å². The molecule has 0 bridgehead atoms. The second-order valence-electron chi connectivity index (χ2n) is 10.9. The highest BCUT2D eigenvalue weighted by Crippen LogP contribution is 2.49. The van der Waals surface area contributed by atoms with Crippen molar-refractivity contribution in [1.29, 1.82) is 0 Å². The van der Waals surface area contributed by atoms with Gasteiger partial charge in [0.2, 0.25) is 5.82 Å². The average molecular weight is 498 g/mol. The molecular weight excluding hydrogens is 457 g/mol. The molecule has 0 aromatic heterocycles. The van der Waals surface area contributed by atoms with Crippen LogP contribution >= 0.6 is 0 Å². The van der Waals surface area contributed by atoms with Gasteiger partial charge in [-0.05, 0) is 48.5 Å². The van der Waals surface area contributed by atoms with Crippen molar-refractivity contribution in [3.8, 4) is 0 Å². The van der Waals surface area contributed by atoms with E-state index in [2.05, 4.69) is 27.0 Å². The van der Waals surface area contributed by atoms with Gasteiger partial charge in [-0.1, -0.05) is 85.1 Å². The third kappa shape index (κ3) is 6.72. The normalized spacial score (nSPS) is 16.6. The SMILES string of the molecule is C=C/C=C\C(=C/C=C)C(CC(C)C)C(C)(N)C(C)(C)CC(c1c(F)c(F)c(F)c(F)c1F)C(C)C. The summed E-state index contributed by atoms with van der Waals surface area (Å²) < 4.78 is 71.4. The standard InChI is InChI=1S/C29H40F5N/c1-10-12-14-19(13-11-2)21(15-17(3)4)29(9,35)28(7,8)16-20(18(5)6)22-23(30)25(32)27(34)26(33)24(22)31/h10-14,17-18,20-21H,1-2,15-16,35H2,3-9H3/b14-12-,19-13+. The lowest BCUT2D eigenvalue weighted by Crippen LogP contribution is -2.57. The fraction of sp³-hybridized carbons (Fsp3) is 0.517. The first-order chi connectivity index (χ1) is 16.0. The van der Waals surface area contributed by atoms with Crippen LogP contribution in [-0.4, -0.2) is 5.54 Å². The van der Waals surface area contributed by atoms with Crippen LogP contribution in [0.5, 0.6) is 0 Å². The van der Waals surface area contributed by atoms with Gasteiger partial charge in [-0.2, -0.15) is 0 Å². The number of hydrogen-bond acceptors (Lipinski definition) is 1. The molecule has 35 heavy (non-hydrogen) atoms. The van der Waals surface area contributed by atoms with Gasteiger partial charge in [0.25, 0.3) is 0 Å². The van der Waals surface area contributed by atoms with Crippen molar-refractivity contribution in [2.75, 3.05) is 0 Å². The highest BCUT2D eigenvalue weighted by molar-refractivity contribution is 5.32. The van der Waals surface area contributed by atoms with E-state index in [1.165, 1.54) is 0 Å². The van der Waals surface area contributed by atoms with Crippen molar-refractivity contribution in [2.24, 2.45) is 28.9 Å². The summed E-state index contributed by atoms with van der Waals surface area (Å²) in [6.07, 6.45) is 9.73. The third-order valence-corrected chi connectivity index (χ3v) is 7.18. The lowest BCUT2D eigenvalue weighted by molar-refractivity contribution is 0.0913. The van der Waals surface area contributed by atoms with E-state index in [4.69, 9.17) is 5.73 Å². The van der Waals surface area contributed by atoms with Gasteiger partial charge >= 0.3 is 0 Å². The Labute approximate surface area is 207 Å². The average Bonchev–Trinajstić information content (AvgIpc) is 2.76. The Hall–Kier alpha value is -2.21. The minimum atomic E-state index is -2.15. The maximum Gasteiger partial charge on any atom is 0.200 e. The van der Waals surface area contributed by atoms with Crippen molar-refractivity contribution in [2.45, 2.75) is 72.8 Å². The molecule has 0 saturated carbocycles. The molecule has 0 heterocycles. The molecule has 1 aromatic rings. The summed E-state index contributed by atoms with van der Waals surface area (Å²) in [6, 6.07) is 0. The quantitative estimate of drug-likeness (QED) is 0.133. The van der Waals surface area contributed by atoms with Crippen molar-refractivity contribution in [1.82, 2.24) is 0 Å². The lowest BCUT2D eigenvalue weighted by atomic mass is 9.58. The second kappa shape index (κ2) is 12.2. The minimum absolute atomic E-state index is 0.108. The summed E-state index contributed by atoms with van der Waals surface area (Å²) in [7, 11) is 0. The van der Waals surface area contributed by atoms with Crippen LogP contribution in [0.3, 0.4) is 0 Å². The van der Waals surface area contributed by atoms with Crippen LogP contribution in [0.25, 0.3) is 0 Å². The molecule has 0 aliphatic heterocycles.